The summed E-state index contributed by atoms with van der Waals surface area (Å²) in [7, 11) is 0. The molecule has 1 amide bonds. The Morgan fingerprint density at radius 2 is 1.94 bits per heavy atom. The molecule has 0 radical (unpaired) electrons. The lowest BCUT2D eigenvalue weighted by atomic mass is 9.98. The van der Waals surface area contributed by atoms with Gasteiger partial charge in [-0.2, -0.15) is 0 Å². The predicted molar refractivity (Wildman–Crippen MR) is 68.3 cm³/mol. The molecule has 3 rings (SSSR count). The minimum Gasteiger partial charge on any atom is -0.350 e. The van der Waals surface area contributed by atoms with Crippen molar-refractivity contribution in [3.8, 4) is 0 Å². The van der Waals surface area contributed by atoms with Gasteiger partial charge in [0, 0.05) is 6.54 Å². The van der Waals surface area contributed by atoms with E-state index in [1.54, 1.807) is 0 Å². The normalized spacial score (nSPS) is 19.0. The summed E-state index contributed by atoms with van der Waals surface area (Å²) in [5.41, 5.74) is 0.338. The van der Waals surface area contributed by atoms with Gasteiger partial charge in [0.1, 0.15) is 10.8 Å². The summed E-state index contributed by atoms with van der Waals surface area (Å²) < 4.78 is 0. The van der Waals surface area contributed by atoms with Crippen molar-refractivity contribution >= 4 is 17.5 Å². The third kappa shape index (κ3) is 2.80. The van der Waals surface area contributed by atoms with E-state index in [2.05, 4.69) is 15.3 Å². The quantitative estimate of drug-likeness (QED) is 0.889. The molecule has 0 aromatic carbocycles. The van der Waals surface area contributed by atoms with Gasteiger partial charge in [-0.3, -0.25) is 4.79 Å². The first-order valence-corrected chi connectivity index (χ1v) is 6.87. The molecule has 0 bridgehead atoms. The van der Waals surface area contributed by atoms with Crippen LogP contribution >= 0.6 is 11.6 Å². The Bertz CT molecular complexity index is 428. The summed E-state index contributed by atoms with van der Waals surface area (Å²) >= 11 is 5.64. The van der Waals surface area contributed by atoms with Crippen molar-refractivity contribution in [1.29, 1.82) is 0 Å². The third-order valence-corrected chi connectivity index (χ3v) is 4.00. The average Bonchev–Trinajstić information content (AvgIpc) is 3.24. The molecule has 5 heteroatoms. The molecule has 1 N–H and O–H groups in total. The molecule has 0 spiro atoms. The topological polar surface area (TPSA) is 54.9 Å². The smallest absolute Gasteiger partial charge is 0.271 e. The first kappa shape index (κ1) is 11.9. The van der Waals surface area contributed by atoms with Gasteiger partial charge in [0.25, 0.3) is 5.91 Å². The molecule has 2 saturated carbocycles. The van der Waals surface area contributed by atoms with Crippen LogP contribution in [0.3, 0.4) is 0 Å². The predicted octanol–water partition coefficient (Wildman–Crippen LogP) is 2.30. The van der Waals surface area contributed by atoms with Crippen LogP contribution in [-0.4, -0.2) is 22.4 Å². The second kappa shape index (κ2) is 4.84. The summed E-state index contributed by atoms with van der Waals surface area (Å²) in [6.07, 6.45) is 8.14. The summed E-state index contributed by atoms with van der Waals surface area (Å²) in [5, 5.41) is 3.28. The summed E-state index contributed by atoms with van der Waals surface area (Å²) in [5.74, 6) is 2.21. The molecule has 0 unspecified atom stereocenters. The van der Waals surface area contributed by atoms with E-state index in [1.807, 2.05) is 0 Å². The van der Waals surface area contributed by atoms with E-state index >= 15 is 0 Å². The highest BCUT2D eigenvalue weighted by Gasteiger charge is 2.41. The largest absolute Gasteiger partial charge is 0.350 e. The molecule has 4 nitrogen and oxygen atoms in total. The number of amides is 1. The maximum Gasteiger partial charge on any atom is 0.271 e. The van der Waals surface area contributed by atoms with E-state index in [4.69, 9.17) is 11.6 Å². The van der Waals surface area contributed by atoms with Crippen LogP contribution in [0.1, 0.15) is 36.2 Å². The Kier molecular flexibility index (Phi) is 3.20. The van der Waals surface area contributed by atoms with Crippen molar-refractivity contribution in [2.24, 2.45) is 17.8 Å². The van der Waals surface area contributed by atoms with Gasteiger partial charge in [-0.15, -0.1) is 0 Å². The van der Waals surface area contributed by atoms with Crippen LogP contribution < -0.4 is 5.32 Å². The fourth-order valence-electron chi connectivity index (χ4n) is 2.50. The zero-order chi connectivity index (χ0) is 12.5. The number of rotatable bonds is 5. The highest BCUT2D eigenvalue weighted by Crippen LogP contribution is 2.48. The van der Waals surface area contributed by atoms with Gasteiger partial charge in [-0.05, 0) is 43.4 Å². The number of halogens is 1. The molecular weight excluding hydrogens is 250 g/mol. The van der Waals surface area contributed by atoms with E-state index in [1.165, 1.54) is 38.1 Å². The van der Waals surface area contributed by atoms with Gasteiger partial charge >= 0.3 is 0 Å². The van der Waals surface area contributed by atoms with Gasteiger partial charge in [0.2, 0.25) is 0 Å². The van der Waals surface area contributed by atoms with Crippen LogP contribution in [-0.2, 0) is 0 Å². The monoisotopic (exact) mass is 265 g/mol. The van der Waals surface area contributed by atoms with E-state index < -0.39 is 0 Å². The first-order valence-electron chi connectivity index (χ1n) is 6.50. The highest BCUT2D eigenvalue weighted by atomic mass is 35.5. The summed E-state index contributed by atoms with van der Waals surface area (Å²) in [6, 6.07) is 0. The van der Waals surface area contributed by atoms with Crippen molar-refractivity contribution in [2.45, 2.75) is 25.7 Å². The zero-order valence-corrected chi connectivity index (χ0v) is 10.9. The number of hydrogen-bond acceptors (Lipinski definition) is 3. The van der Waals surface area contributed by atoms with Crippen LogP contribution in [0.2, 0.25) is 5.15 Å². The van der Waals surface area contributed by atoms with Gasteiger partial charge in [0.05, 0.1) is 12.4 Å². The Hall–Kier alpha value is -1.16. The standard InChI is InChI=1S/C13H16ClN3O/c14-12-7-15-11(6-16-12)13(18)17-5-10(8-1-2-8)9-3-4-9/h6-10H,1-5H2,(H,17,18). The third-order valence-electron chi connectivity index (χ3n) is 3.81. The molecule has 2 aliphatic rings. The van der Waals surface area contributed by atoms with Crippen molar-refractivity contribution < 1.29 is 4.79 Å². The molecule has 2 fully saturated rings. The fraction of sp³-hybridized carbons (Fsp3) is 0.615. The Labute approximate surface area is 111 Å². The number of hydrogen-bond donors (Lipinski definition) is 1. The molecule has 0 aliphatic heterocycles. The Balaban J connectivity index is 1.55. The SMILES string of the molecule is O=C(NCC(C1CC1)C1CC1)c1cnc(Cl)cn1. The van der Waals surface area contributed by atoms with Gasteiger partial charge < -0.3 is 5.32 Å². The second-order valence-corrected chi connectivity index (χ2v) is 5.66. The number of carbonyl (C=O) groups excluding carboxylic acids is 1. The van der Waals surface area contributed by atoms with Crippen LogP contribution in [0.4, 0.5) is 0 Å². The minimum absolute atomic E-state index is 0.148. The van der Waals surface area contributed by atoms with Gasteiger partial charge in [-0.1, -0.05) is 11.6 Å². The minimum atomic E-state index is -0.148. The second-order valence-electron chi connectivity index (χ2n) is 5.27. The lowest BCUT2D eigenvalue weighted by molar-refractivity contribution is 0.0938. The summed E-state index contributed by atoms with van der Waals surface area (Å²) in [6.45, 7) is 0.776. The molecule has 96 valence electrons. The van der Waals surface area contributed by atoms with Crippen molar-refractivity contribution in [3.05, 3.63) is 23.2 Å². The zero-order valence-electron chi connectivity index (χ0n) is 10.1. The Morgan fingerprint density at radius 3 is 2.44 bits per heavy atom. The number of carbonyl (C=O) groups is 1. The van der Waals surface area contributed by atoms with E-state index in [9.17, 15) is 4.79 Å². The van der Waals surface area contributed by atoms with Crippen LogP contribution in [0.15, 0.2) is 12.4 Å². The molecular formula is C13H16ClN3O. The number of aromatic nitrogens is 2. The van der Waals surface area contributed by atoms with Crippen LogP contribution in [0.25, 0.3) is 0 Å². The fourth-order valence-corrected chi connectivity index (χ4v) is 2.60. The van der Waals surface area contributed by atoms with Crippen molar-refractivity contribution in [1.82, 2.24) is 15.3 Å². The van der Waals surface area contributed by atoms with Gasteiger partial charge in [0.15, 0.2) is 0 Å². The molecule has 2 aliphatic carbocycles. The highest BCUT2D eigenvalue weighted by molar-refractivity contribution is 6.29. The van der Waals surface area contributed by atoms with E-state index in [-0.39, 0.29) is 5.91 Å². The molecule has 0 saturated heterocycles. The molecule has 1 aromatic rings. The molecule has 1 aromatic heterocycles. The van der Waals surface area contributed by atoms with Crippen LogP contribution in [0, 0.1) is 17.8 Å². The van der Waals surface area contributed by atoms with E-state index in [0.717, 1.165) is 18.4 Å². The number of nitrogens with zero attached hydrogens (tertiary/aromatic N) is 2. The lowest BCUT2D eigenvalue weighted by Gasteiger charge is -2.15. The summed E-state index contributed by atoms with van der Waals surface area (Å²) in [4.78, 5) is 19.7. The van der Waals surface area contributed by atoms with E-state index in [0.29, 0.717) is 16.8 Å². The maximum atomic E-state index is 11.9. The Morgan fingerprint density at radius 1 is 1.28 bits per heavy atom. The molecule has 18 heavy (non-hydrogen) atoms. The first-order chi connectivity index (χ1) is 8.74. The van der Waals surface area contributed by atoms with Crippen LogP contribution in [0.5, 0.6) is 0 Å². The maximum absolute atomic E-state index is 11.9. The molecule has 1 heterocycles. The van der Waals surface area contributed by atoms with Crippen molar-refractivity contribution in [2.75, 3.05) is 6.54 Å². The van der Waals surface area contributed by atoms with Crippen molar-refractivity contribution in [3.63, 3.8) is 0 Å². The van der Waals surface area contributed by atoms with Gasteiger partial charge in [-0.25, -0.2) is 9.97 Å². The molecule has 0 atom stereocenters. The number of nitrogens with one attached hydrogen (secondary N) is 1. The lowest BCUT2D eigenvalue weighted by Crippen LogP contribution is -2.31. The average molecular weight is 266 g/mol.